The fourth-order valence-corrected chi connectivity index (χ4v) is 1.76. The minimum Gasteiger partial charge on any atom is -0.507 e. The highest BCUT2D eigenvalue weighted by molar-refractivity contribution is 14.1. The third kappa shape index (κ3) is 3.58. The van der Waals surface area contributed by atoms with Gasteiger partial charge in [-0.25, -0.2) is 4.79 Å². The van der Waals surface area contributed by atoms with E-state index in [4.69, 9.17) is 5.11 Å². The molecule has 0 fully saturated rings. The molecule has 1 amide bonds. The zero-order chi connectivity index (χ0) is 13.0. The molecule has 6 heteroatoms. The topological polar surface area (TPSA) is 86.6 Å². The number of benzene rings is 1. The molecule has 1 rings (SSSR count). The Hall–Kier alpha value is -1.31. The van der Waals surface area contributed by atoms with Gasteiger partial charge in [0.05, 0.1) is 5.56 Å². The number of phenols is 1. The van der Waals surface area contributed by atoms with Gasteiger partial charge in [-0.05, 0) is 47.2 Å². The smallest absolute Gasteiger partial charge is 0.326 e. The van der Waals surface area contributed by atoms with Gasteiger partial charge in [0, 0.05) is 3.57 Å². The molecule has 0 aliphatic heterocycles. The summed E-state index contributed by atoms with van der Waals surface area (Å²) in [5.74, 6) is -1.84. The third-order valence-electron chi connectivity index (χ3n) is 2.21. The van der Waals surface area contributed by atoms with E-state index in [9.17, 15) is 14.7 Å². The van der Waals surface area contributed by atoms with Gasteiger partial charge in [-0.15, -0.1) is 0 Å². The number of carbonyl (C=O) groups is 2. The van der Waals surface area contributed by atoms with Crippen LogP contribution in [0.1, 0.15) is 23.7 Å². The maximum atomic E-state index is 11.8. The summed E-state index contributed by atoms with van der Waals surface area (Å²) in [6.45, 7) is 1.66. The van der Waals surface area contributed by atoms with Crippen LogP contribution in [0.4, 0.5) is 0 Å². The first kappa shape index (κ1) is 13.8. The van der Waals surface area contributed by atoms with Crippen molar-refractivity contribution in [2.24, 2.45) is 0 Å². The summed E-state index contributed by atoms with van der Waals surface area (Å²) in [6.07, 6.45) is 0.283. The standard InChI is InChI=1S/C11H12INO4/c1-2-8(11(16)17)13-10(15)7-5-6(12)3-4-9(7)14/h3-5,8,14H,2H2,1H3,(H,13,15)(H,16,17)/t8-/m0/s1. The zero-order valence-corrected chi connectivity index (χ0v) is 11.3. The molecule has 0 aliphatic carbocycles. The number of hydrogen-bond donors (Lipinski definition) is 3. The fraction of sp³-hybridized carbons (Fsp3) is 0.273. The molecule has 0 spiro atoms. The molecule has 0 bridgehead atoms. The number of aliphatic carboxylic acids is 1. The molecular formula is C11H12INO4. The number of carbonyl (C=O) groups excluding carboxylic acids is 1. The van der Waals surface area contributed by atoms with Crippen molar-refractivity contribution >= 4 is 34.5 Å². The van der Waals surface area contributed by atoms with Crippen molar-refractivity contribution < 1.29 is 19.8 Å². The molecule has 0 heterocycles. The van der Waals surface area contributed by atoms with Crippen LogP contribution in [0.15, 0.2) is 18.2 Å². The second-order valence-corrected chi connectivity index (χ2v) is 4.68. The van der Waals surface area contributed by atoms with Gasteiger partial charge in [0.25, 0.3) is 5.91 Å². The molecule has 0 saturated heterocycles. The van der Waals surface area contributed by atoms with Gasteiger partial charge in [0.1, 0.15) is 11.8 Å². The zero-order valence-electron chi connectivity index (χ0n) is 9.11. The number of nitrogens with one attached hydrogen (secondary N) is 1. The Labute approximate surface area is 112 Å². The monoisotopic (exact) mass is 349 g/mol. The SMILES string of the molecule is CC[C@H](NC(=O)c1cc(I)ccc1O)C(=O)O. The Morgan fingerprint density at radius 3 is 2.65 bits per heavy atom. The molecule has 0 saturated carbocycles. The fourth-order valence-electron chi connectivity index (χ4n) is 1.26. The van der Waals surface area contributed by atoms with Crippen LogP contribution in [0.3, 0.4) is 0 Å². The van der Waals surface area contributed by atoms with Gasteiger partial charge < -0.3 is 15.5 Å². The number of hydrogen-bond acceptors (Lipinski definition) is 3. The van der Waals surface area contributed by atoms with Gasteiger partial charge in [0.2, 0.25) is 0 Å². The lowest BCUT2D eigenvalue weighted by molar-refractivity contribution is -0.139. The van der Waals surface area contributed by atoms with E-state index in [0.29, 0.717) is 0 Å². The second kappa shape index (κ2) is 5.85. The summed E-state index contributed by atoms with van der Waals surface area (Å²) >= 11 is 2.00. The van der Waals surface area contributed by atoms with E-state index < -0.39 is 17.9 Å². The van der Waals surface area contributed by atoms with Gasteiger partial charge in [-0.2, -0.15) is 0 Å². The van der Waals surface area contributed by atoms with E-state index >= 15 is 0 Å². The third-order valence-corrected chi connectivity index (χ3v) is 2.89. The Bertz CT molecular complexity index is 447. The van der Waals surface area contributed by atoms with Gasteiger partial charge in [0.15, 0.2) is 0 Å². The first-order chi connectivity index (χ1) is 7.95. The predicted octanol–water partition coefficient (Wildman–Crippen LogP) is 1.59. The highest BCUT2D eigenvalue weighted by Crippen LogP contribution is 2.19. The highest BCUT2D eigenvalue weighted by Gasteiger charge is 2.20. The van der Waals surface area contributed by atoms with Crippen LogP contribution in [-0.4, -0.2) is 28.1 Å². The highest BCUT2D eigenvalue weighted by atomic mass is 127. The van der Waals surface area contributed by atoms with Crippen molar-refractivity contribution in [2.75, 3.05) is 0 Å². The molecule has 1 aromatic rings. The average Bonchev–Trinajstić information content (AvgIpc) is 2.28. The minimum atomic E-state index is -1.09. The van der Waals surface area contributed by atoms with Gasteiger partial charge in [-0.1, -0.05) is 6.92 Å². The van der Waals surface area contributed by atoms with Crippen LogP contribution in [-0.2, 0) is 4.79 Å². The largest absolute Gasteiger partial charge is 0.507 e. The van der Waals surface area contributed by atoms with Gasteiger partial charge in [-0.3, -0.25) is 4.79 Å². The molecule has 1 aromatic carbocycles. The van der Waals surface area contributed by atoms with Crippen molar-refractivity contribution in [3.05, 3.63) is 27.3 Å². The number of rotatable bonds is 4. The molecular weight excluding hydrogens is 337 g/mol. The first-order valence-electron chi connectivity index (χ1n) is 4.98. The van der Waals surface area contributed by atoms with Crippen LogP contribution in [0, 0.1) is 3.57 Å². The maximum absolute atomic E-state index is 11.8. The van der Waals surface area contributed by atoms with E-state index in [0.717, 1.165) is 3.57 Å². The van der Waals surface area contributed by atoms with E-state index in [2.05, 4.69) is 5.32 Å². The predicted molar refractivity (Wildman–Crippen MR) is 70.0 cm³/mol. The molecule has 0 aromatic heterocycles. The summed E-state index contributed by atoms with van der Waals surface area (Å²) in [7, 11) is 0. The number of carboxylic acid groups (broad SMARTS) is 1. The van der Waals surface area contributed by atoms with E-state index in [1.54, 1.807) is 13.0 Å². The lowest BCUT2D eigenvalue weighted by Crippen LogP contribution is -2.40. The van der Waals surface area contributed by atoms with E-state index in [-0.39, 0.29) is 17.7 Å². The van der Waals surface area contributed by atoms with Crippen LogP contribution in [0.25, 0.3) is 0 Å². The molecule has 92 valence electrons. The Morgan fingerprint density at radius 1 is 1.47 bits per heavy atom. The first-order valence-corrected chi connectivity index (χ1v) is 6.05. The van der Waals surface area contributed by atoms with Crippen molar-refractivity contribution in [3.63, 3.8) is 0 Å². The Morgan fingerprint density at radius 2 is 2.12 bits per heavy atom. The minimum absolute atomic E-state index is 0.0802. The quantitative estimate of drug-likeness (QED) is 0.721. The summed E-state index contributed by atoms with van der Waals surface area (Å²) in [5.41, 5.74) is 0.0802. The van der Waals surface area contributed by atoms with Gasteiger partial charge >= 0.3 is 5.97 Å². The molecule has 0 radical (unpaired) electrons. The molecule has 3 N–H and O–H groups in total. The van der Waals surface area contributed by atoms with Crippen molar-refractivity contribution in [3.8, 4) is 5.75 Å². The summed E-state index contributed by atoms with van der Waals surface area (Å²) in [5, 5.41) is 20.7. The average molecular weight is 349 g/mol. The summed E-state index contributed by atoms with van der Waals surface area (Å²) < 4.78 is 0.786. The second-order valence-electron chi connectivity index (χ2n) is 3.43. The van der Waals surface area contributed by atoms with Crippen molar-refractivity contribution in [1.29, 1.82) is 0 Å². The maximum Gasteiger partial charge on any atom is 0.326 e. The number of amides is 1. The van der Waals surface area contributed by atoms with Crippen LogP contribution < -0.4 is 5.32 Å². The number of aromatic hydroxyl groups is 1. The number of phenolic OH excluding ortho intramolecular Hbond substituents is 1. The molecule has 5 nitrogen and oxygen atoms in total. The molecule has 1 atom stereocenters. The van der Waals surface area contributed by atoms with Crippen LogP contribution in [0.2, 0.25) is 0 Å². The van der Waals surface area contributed by atoms with Crippen molar-refractivity contribution in [2.45, 2.75) is 19.4 Å². The molecule has 0 unspecified atom stereocenters. The molecule has 0 aliphatic rings. The van der Waals surface area contributed by atoms with Crippen LogP contribution in [0.5, 0.6) is 5.75 Å². The molecule has 17 heavy (non-hydrogen) atoms. The van der Waals surface area contributed by atoms with E-state index in [1.807, 2.05) is 22.6 Å². The number of halogens is 1. The van der Waals surface area contributed by atoms with Crippen LogP contribution >= 0.6 is 22.6 Å². The van der Waals surface area contributed by atoms with E-state index in [1.165, 1.54) is 12.1 Å². The summed E-state index contributed by atoms with van der Waals surface area (Å²) in [4.78, 5) is 22.5. The van der Waals surface area contributed by atoms with Crippen molar-refractivity contribution in [1.82, 2.24) is 5.32 Å². The summed E-state index contributed by atoms with van der Waals surface area (Å²) in [6, 6.07) is 3.61. The normalized spacial score (nSPS) is 11.9. The Balaban J connectivity index is 2.89. The lowest BCUT2D eigenvalue weighted by Gasteiger charge is -2.13. The Kier molecular flexibility index (Phi) is 4.73. The lowest BCUT2D eigenvalue weighted by atomic mass is 10.1. The number of carboxylic acids is 1.